The molecule has 2 aromatic carbocycles. The molecule has 7 heteroatoms. The van der Waals surface area contributed by atoms with Gasteiger partial charge < -0.3 is 4.52 Å². The number of aromatic nitrogens is 1. The van der Waals surface area contributed by atoms with Crippen molar-refractivity contribution in [2.75, 3.05) is 0 Å². The summed E-state index contributed by atoms with van der Waals surface area (Å²) in [4.78, 5) is 15.8. The van der Waals surface area contributed by atoms with Gasteiger partial charge in [-0.25, -0.2) is 9.95 Å². The molecule has 0 atom stereocenters. The quantitative estimate of drug-likeness (QED) is 0.723. The zero-order chi connectivity index (χ0) is 17.2. The van der Waals surface area contributed by atoms with Crippen LogP contribution in [0.2, 0.25) is 0 Å². The van der Waals surface area contributed by atoms with E-state index in [1.54, 1.807) is 24.3 Å². The molecule has 0 radical (unpaired) electrons. The van der Waals surface area contributed by atoms with E-state index < -0.39 is 17.4 Å². The summed E-state index contributed by atoms with van der Waals surface area (Å²) in [5.74, 6) is 0. The number of nitrogens with one attached hydrogen (secondary N) is 1. The summed E-state index contributed by atoms with van der Waals surface area (Å²) in [5, 5.41) is 2.50. The number of benzene rings is 2. The van der Waals surface area contributed by atoms with Crippen LogP contribution >= 0.6 is 0 Å². The fraction of sp³-hybridized carbons (Fsp3) is 0.0588. The van der Waals surface area contributed by atoms with Crippen LogP contribution in [0, 0.1) is 0 Å². The van der Waals surface area contributed by atoms with Gasteiger partial charge in [-0.05, 0) is 18.2 Å². The van der Waals surface area contributed by atoms with E-state index in [-0.39, 0.29) is 11.3 Å². The van der Waals surface area contributed by atoms with Gasteiger partial charge in [-0.1, -0.05) is 36.4 Å². The molecule has 122 valence electrons. The van der Waals surface area contributed by atoms with E-state index in [1.807, 2.05) is 6.07 Å². The Labute approximate surface area is 134 Å². The molecule has 1 heterocycles. The first kappa shape index (κ1) is 15.8. The fourth-order valence-corrected chi connectivity index (χ4v) is 2.15. The Morgan fingerprint density at radius 2 is 1.79 bits per heavy atom. The predicted octanol–water partition coefficient (Wildman–Crippen LogP) is 4.40. The Morgan fingerprint density at radius 3 is 2.50 bits per heavy atom. The van der Waals surface area contributed by atoms with Crippen LogP contribution in [-0.4, -0.2) is 11.4 Å². The number of nitrogens with zero attached hydrogens (tertiary/aromatic N) is 1. The lowest BCUT2D eigenvalue weighted by Crippen LogP contribution is -2.04. The van der Waals surface area contributed by atoms with Crippen molar-refractivity contribution in [3.8, 4) is 11.3 Å². The summed E-state index contributed by atoms with van der Waals surface area (Å²) < 4.78 is 42.9. The van der Waals surface area contributed by atoms with Gasteiger partial charge in [-0.15, -0.1) is 0 Å². The highest BCUT2D eigenvalue weighted by Gasteiger charge is 2.30. The average molecular weight is 332 g/mol. The zero-order valence-corrected chi connectivity index (χ0v) is 12.2. The third-order valence-electron chi connectivity index (χ3n) is 3.31. The highest BCUT2D eigenvalue weighted by molar-refractivity contribution is 5.89. The molecule has 24 heavy (non-hydrogen) atoms. The van der Waals surface area contributed by atoms with E-state index in [9.17, 15) is 18.0 Å². The summed E-state index contributed by atoms with van der Waals surface area (Å²) in [5.41, 5.74) is -0.112. The maximum Gasteiger partial charge on any atom is 0.416 e. The van der Waals surface area contributed by atoms with E-state index in [0.717, 1.165) is 12.1 Å². The van der Waals surface area contributed by atoms with Crippen LogP contribution in [0.3, 0.4) is 0 Å². The lowest BCUT2D eigenvalue weighted by molar-refractivity contribution is -0.137. The molecule has 3 aromatic rings. The predicted molar refractivity (Wildman–Crippen MR) is 83.5 cm³/mol. The minimum atomic E-state index is -4.45. The third kappa shape index (κ3) is 3.29. The first-order valence-corrected chi connectivity index (χ1v) is 6.93. The number of hydrogen-bond donors (Lipinski definition) is 1. The molecule has 0 bridgehead atoms. The number of aromatic amines is 1. The Balaban J connectivity index is 1.97. The van der Waals surface area contributed by atoms with Crippen molar-refractivity contribution in [3.63, 3.8) is 0 Å². The van der Waals surface area contributed by atoms with E-state index in [4.69, 9.17) is 4.52 Å². The standard InChI is InChI=1S/C17H11F3N2O2/c18-17(19,20)12-7-4-8-13(9-12)21-10-14-15(22-24-16(14)23)11-5-2-1-3-6-11/h1-10,22H. The lowest BCUT2D eigenvalue weighted by Gasteiger charge is -2.06. The SMILES string of the molecule is O=c1o[nH]c(-c2ccccc2)c1C=Nc1cccc(C(F)(F)F)c1. The second-order valence-electron chi connectivity index (χ2n) is 4.95. The Kier molecular flexibility index (Phi) is 4.07. The molecule has 0 aliphatic rings. The van der Waals surface area contributed by atoms with Crippen molar-refractivity contribution in [1.82, 2.24) is 5.16 Å². The van der Waals surface area contributed by atoms with Crippen molar-refractivity contribution < 1.29 is 17.7 Å². The van der Waals surface area contributed by atoms with Gasteiger partial charge in [0.2, 0.25) is 0 Å². The molecular formula is C17H11F3N2O2. The maximum absolute atomic E-state index is 12.7. The van der Waals surface area contributed by atoms with Gasteiger partial charge in [0.1, 0.15) is 5.56 Å². The monoisotopic (exact) mass is 332 g/mol. The largest absolute Gasteiger partial charge is 0.416 e. The van der Waals surface area contributed by atoms with Crippen molar-refractivity contribution in [2.45, 2.75) is 6.18 Å². The highest BCUT2D eigenvalue weighted by Crippen LogP contribution is 2.31. The molecule has 1 N–H and O–H groups in total. The molecule has 0 aliphatic heterocycles. The molecule has 0 spiro atoms. The number of hydrogen-bond acceptors (Lipinski definition) is 3. The van der Waals surface area contributed by atoms with Crippen molar-refractivity contribution in [3.05, 3.63) is 76.1 Å². The summed E-state index contributed by atoms with van der Waals surface area (Å²) in [6, 6.07) is 13.5. The van der Waals surface area contributed by atoms with E-state index in [2.05, 4.69) is 10.1 Å². The molecule has 0 saturated heterocycles. The van der Waals surface area contributed by atoms with E-state index in [0.29, 0.717) is 11.3 Å². The minimum absolute atomic E-state index is 0.0874. The van der Waals surface area contributed by atoms with Crippen LogP contribution in [0.15, 0.2) is 68.9 Å². The van der Waals surface area contributed by atoms with Gasteiger partial charge >= 0.3 is 11.8 Å². The maximum atomic E-state index is 12.7. The second-order valence-corrected chi connectivity index (χ2v) is 4.95. The van der Waals surface area contributed by atoms with Gasteiger partial charge in [-0.2, -0.15) is 13.2 Å². The Bertz CT molecular complexity index is 925. The number of rotatable bonds is 3. The number of alkyl halides is 3. The van der Waals surface area contributed by atoms with Crippen molar-refractivity contribution in [1.29, 1.82) is 0 Å². The molecule has 0 unspecified atom stereocenters. The topological polar surface area (TPSA) is 58.4 Å². The molecule has 3 rings (SSSR count). The lowest BCUT2D eigenvalue weighted by atomic mass is 10.1. The molecular weight excluding hydrogens is 321 g/mol. The van der Waals surface area contributed by atoms with Gasteiger partial charge in [0.25, 0.3) is 0 Å². The average Bonchev–Trinajstić information content (AvgIpc) is 2.94. The highest BCUT2D eigenvalue weighted by atomic mass is 19.4. The normalized spacial score (nSPS) is 12.0. The summed E-state index contributed by atoms with van der Waals surface area (Å²) >= 11 is 0. The van der Waals surface area contributed by atoms with Crippen LogP contribution in [0.5, 0.6) is 0 Å². The van der Waals surface area contributed by atoms with Crippen LogP contribution in [0.4, 0.5) is 18.9 Å². The molecule has 1 aromatic heterocycles. The minimum Gasteiger partial charge on any atom is -0.338 e. The zero-order valence-electron chi connectivity index (χ0n) is 12.2. The van der Waals surface area contributed by atoms with Gasteiger partial charge in [-0.3, -0.25) is 4.99 Å². The van der Waals surface area contributed by atoms with Crippen molar-refractivity contribution in [2.24, 2.45) is 4.99 Å². The fourth-order valence-electron chi connectivity index (χ4n) is 2.15. The van der Waals surface area contributed by atoms with Gasteiger partial charge in [0.15, 0.2) is 0 Å². The summed E-state index contributed by atoms with van der Waals surface area (Å²) in [7, 11) is 0. The molecule has 0 fully saturated rings. The molecule has 4 nitrogen and oxygen atoms in total. The second kappa shape index (κ2) is 6.19. The van der Waals surface area contributed by atoms with Crippen LogP contribution in [0.25, 0.3) is 11.3 Å². The Hall–Kier alpha value is -3.09. The van der Waals surface area contributed by atoms with Crippen LogP contribution in [0.1, 0.15) is 11.1 Å². The summed E-state index contributed by atoms with van der Waals surface area (Å²) in [6.07, 6.45) is -3.26. The van der Waals surface area contributed by atoms with E-state index >= 15 is 0 Å². The Morgan fingerprint density at radius 1 is 1.04 bits per heavy atom. The van der Waals surface area contributed by atoms with Crippen LogP contribution in [-0.2, 0) is 6.18 Å². The van der Waals surface area contributed by atoms with Gasteiger partial charge in [0, 0.05) is 11.8 Å². The van der Waals surface area contributed by atoms with Crippen LogP contribution < -0.4 is 5.63 Å². The smallest absolute Gasteiger partial charge is 0.338 e. The van der Waals surface area contributed by atoms with E-state index in [1.165, 1.54) is 18.3 Å². The summed E-state index contributed by atoms with van der Waals surface area (Å²) in [6.45, 7) is 0. The number of halogens is 3. The molecule has 0 saturated carbocycles. The first-order valence-electron chi connectivity index (χ1n) is 6.93. The van der Waals surface area contributed by atoms with Crippen molar-refractivity contribution >= 4 is 11.9 Å². The molecule has 0 amide bonds. The van der Waals surface area contributed by atoms with Gasteiger partial charge in [0.05, 0.1) is 16.9 Å². The number of aliphatic imine (C=N–C) groups is 1. The third-order valence-corrected chi connectivity index (χ3v) is 3.31. The number of H-pyrrole nitrogens is 1. The molecule has 0 aliphatic carbocycles. The first-order chi connectivity index (χ1) is 11.4.